The Hall–Kier alpha value is -3.01. The second-order valence-corrected chi connectivity index (χ2v) is 8.32. The number of rotatable bonds is 6. The summed E-state index contributed by atoms with van der Waals surface area (Å²) < 4.78 is 43.5. The van der Waals surface area contributed by atoms with E-state index >= 15 is 0 Å². The zero-order valence-electron chi connectivity index (χ0n) is 18.0. The Morgan fingerprint density at radius 3 is 2.50 bits per heavy atom. The van der Waals surface area contributed by atoms with E-state index in [2.05, 4.69) is 5.32 Å². The summed E-state index contributed by atoms with van der Waals surface area (Å²) in [6, 6.07) is 3.48. The lowest BCUT2D eigenvalue weighted by molar-refractivity contribution is -0.137. The summed E-state index contributed by atoms with van der Waals surface area (Å²) in [6.07, 6.45) is -3.97. The van der Waals surface area contributed by atoms with Gasteiger partial charge in [-0.15, -0.1) is 0 Å². The normalized spacial score (nSPS) is 16.6. The molecule has 3 N–H and O–H groups in total. The fourth-order valence-electron chi connectivity index (χ4n) is 4.17. The van der Waals surface area contributed by atoms with Crippen molar-refractivity contribution in [2.45, 2.75) is 44.9 Å². The molecule has 10 heteroatoms. The first-order valence-electron chi connectivity index (χ1n) is 10.2. The first kappa shape index (κ1) is 23.6. The number of benzene rings is 1. The Morgan fingerprint density at radius 1 is 1.28 bits per heavy atom. The van der Waals surface area contributed by atoms with Crippen molar-refractivity contribution >= 4 is 23.3 Å². The summed E-state index contributed by atoms with van der Waals surface area (Å²) >= 11 is 0. The zero-order valence-corrected chi connectivity index (χ0v) is 18.0. The molecule has 0 unspecified atom stereocenters. The van der Waals surface area contributed by atoms with Gasteiger partial charge in [-0.25, -0.2) is 0 Å². The van der Waals surface area contributed by atoms with Crippen LogP contribution in [0.4, 0.5) is 24.5 Å². The Kier molecular flexibility index (Phi) is 6.54. The van der Waals surface area contributed by atoms with E-state index < -0.39 is 41.8 Å². The van der Waals surface area contributed by atoms with Crippen molar-refractivity contribution in [2.75, 3.05) is 23.3 Å². The van der Waals surface area contributed by atoms with Gasteiger partial charge in [-0.05, 0) is 36.1 Å². The van der Waals surface area contributed by atoms with Crippen LogP contribution in [0.5, 0.6) is 0 Å². The molecule has 0 bridgehead atoms. The van der Waals surface area contributed by atoms with Crippen molar-refractivity contribution in [1.82, 2.24) is 4.57 Å². The largest absolute Gasteiger partial charge is 0.481 e. The lowest BCUT2D eigenvalue weighted by Crippen LogP contribution is -2.25. The predicted molar refractivity (Wildman–Crippen MR) is 113 cm³/mol. The number of carboxylic acids is 1. The number of nitrogens with one attached hydrogen (secondary N) is 1. The van der Waals surface area contributed by atoms with E-state index in [0.29, 0.717) is 18.7 Å². The first-order chi connectivity index (χ1) is 14.9. The molecule has 174 valence electrons. The van der Waals surface area contributed by atoms with E-state index in [1.54, 1.807) is 17.8 Å². The molecule has 0 radical (unpaired) electrons. The van der Waals surface area contributed by atoms with Crippen molar-refractivity contribution in [3.8, 4) is 0 Å². The van der Waals surface area contributed by atoms with Gasteiger partial charge in [0.15, 0.2) is 0 Å². The van der Waals surface area contributed by atoms with Crippen LogP contribution in [-0.2, 0) is 24.4 Å². The maximum Gasteiger partial charge on any atom is 0.418 e. The minimum absolute atomic E-state index is 0.0376. The second-order valence-electron chi connectivity index (χ2n) is 8.32. The van der Waals surface area contributed by atoms with Gasteiger partial charge in [0.1, 0.15) is 0 Å². The highest BCUT2D eigenvalue weighted by molar-refractivity contribution is 6.06. The average Bonchev–Trinajstić information content (AvgIpc) is 3.26. The Labute approximate surface area is 183 Å². The van der Waals surface area contributed by atoms with Gasteiger partial charge in [0, 0.05) is 37.7 Å². The van der Waals surface area contributed by atoms with Crippen molar-refractivity contribution in [1.29, 1.82) is 0 Å². The third-order valence-electron chi connectivity index (χ3n) is 5.53. The number of aliphatic hydroxyl groups is 1. The number of carbonyl (C=O) groups is 2. The quantitative estimate of drug-likeness (QED) is 0.621. The number of amides is 1. The molecule has 1 atom stereocenters. The Morgan fingerprint density at radius 2 is 1.97 bits per heavy atom. The molecule has 0 spiro atoms. The summed E-state index contributed by atoms with van der Waals surface area (Å²) in [6.45, 7) is 4.16. The molecule has 7 nitrogen and oxygen atoms in total. The van der Waals surface area contributed by atoms with Gasteiger partial charge >= 0.3 is 12.1 Å². The second kappa shape index (κ2) is 8.85. The van der Waals surface area contributed by atoms with E-state index in [1.807, 2.05) is 13.8 Å². The highest BCUT2D eigenvalue weighted by atomic mass is 19.4. The number of hydrogen-bond acceptors (Lipinski definition) is 4. The number of aromatic nitrogens is 1. The van der Waals surface area contributed by atoms with Gasteiger partial charge in [-0.2, -0.15) is 13.2 Å². The lowest BCUT2D eigenvalue weighted by atomic mass is 10.0. The number of aryl methyl sites for hydroxylation is 1. The van der Waals surface area contributed by atoms with E-state index in [-0.39, 0.29) is 29.3 Å². The highest BCUT2D eigenvalue weighted by Gasteiger charge is 2.37. The molecule has 1 aliphatic heterocycles. The SMILES string of the molecule is CC(C)c1c(C(=O)Nc2cc(CC(=O)O)c(N3CC[C@@H](O)C3)cc2C(F)(F)F)ccn1C. The van der Waals surface area contributed by atoms with Gasteiger partial charge in [-0.3, -0.25) is 9.59 Å². The van der Waals surface area contributed by atoms with Crippen LogP contribution in [0.25, 0.3) is 0 Å². The van der Waals surface area contributed by atoms with Crippen LogP contribution in [0.2, 0.25) is 0 Å². The zero-order chi connectivity index (χ0) is 23.8. The number of hydrogen-bond donors (Lipinski definition) is 3. The summed E-state index contributed by atoms with van der Waals surface area (Å²) in [7, 11) is 1.75. The van der Waals surface area contributed by atoms with Gasteiger partial charge in [0.2, 0.25) is 0 Å². The molecule has 2 heterocycles. The molecule has 0 saturated carbocycles. The van der Waals surface area contributed by atoms with E-state index in [0.717, 1.165) is 12.1 Å². The van der Waals surface area contributed by atoms with Gasteiger partial charge in [-0.1, -0.05) is 13.8 Å². The molecule has 3 rings (SSSR count). The van der Waals surface area contributed by atoms with E-state index in [9.17, 15) is 33.0 Å². The predicted octanol–water partition coefficient (Wildman–Crippen LogP) is 3.62. The molecule has 32 heavy (non-hydrogen) atoms. The van der Waals surface area contributed by atoms with Crippen LogP contribution in [0.1, 0.15) is 53.4 Å². The van der Waals surface area contributed by atoms with Crippen molar-refractivity contribution in [3.05, 3.63) is 46.8 Å². The maximum atomic E-state index is 13.9. The molecular formula is C22H26F3N3O4. The van der Waals surface area contributed by atoms with E-state index in [1.165, 1.54) is 11.0 Å². The monoisotopic (exact) mass is 453 g/mol. The Balaban J connectivity index is 2.08. The van der Waals surface area contributed by atoms with Crippen molar-refractivity contribution in [3.63, 3.8) is 0 Å². The number of anilines is 2. The fourth-order valence-corrected chi connectivity index (χ4v) is 4.17. The third-order valence-corrected chi connectivity index (χ3v) is 5.53. The number of aliphatic carboxylic acids is 1. The molecule has 1 aliphatic rings. The molecule has 1 aromatic heterocycles. The number of aliphatic hydroxyl groups excluding tert-OH is 1. The van der Waals surface area contributed by atoms with Crippen molar-refractivity contribution in [2.24, 2.45) is 7.05 Å². The average molecular weight is 453 g/mol. The molecular weight excluding hydrogens is 427 g/mol. The van der Waals surface area contributed by atoms with Crippen LogP contribution in [0.3, 0.4) is 0 Å². The molecule has 1 saturated heterocycles. The first-order valence-corrected chi connectivity index (χ1v) is 10.2. The number of alkyl halides is 3. The van der Waals surface area contributed by atoms with Gasteiger partial charge in [0.05, 0.1) is 29.3 Å². The summed E-state index contributed by atoms with van der Waals surface area (Å²) in [5.74, 6) is -1.96. The number of nitrogens with zero attached hydrogens (tertiary/aromatic N) is 2. The van der Waals surface area contributed by atoms with Crippen LogP contribution < -0.4 is 10.2 Å². The summed E-state index contributed by atoms with van der Waals surface area (Å²) in [4.78, 5) is 25.8. The van der Waals surface area contributed by atoms with Crippen LogP contribution in [-0.4, -0.2) is 45.9 Å². The van der Waals surface area contributed by atoms with Gasteiger partial charge < -0.3 is 25.0 Å². The van der Waals surface area contributed by atoms with Crippen LogP contribution >= 0.6 is 0 Å². The molecule has 1 aromatic carbocycles. The smallest absolute Gasteiger partial charge is 0.418 e. The standard InChI is InChI=1S/C22H26F3N3O4/c1-12(2)20-15(5-6-27(20)3)21(32)26-17-8-13(9-19(30)31)18(10-16(17)22(23,24)25)28-7-4-14(29)11-28/h5-6,8,10,12,14,29H,4,7,9,11H2,1-3H3,(H,26,32)(H,30,31)/t14-/m1/s1. The van der Waals surface area contributed by atoms with Crippen molar-refractivity contribution < 1.29 is 33.0 Å². The maximum absolute atomic E-state index is 13.9. The van der Waals surface area contributed by atoms with Gasteiger partial charge in [0.25, 0.3) is 5.91 Å². The number of halogens is 3. The summed E-state index contributed by atoms with van der Waals surface area (Å²) in [5.41, 5.74) is -0.422. The minimum atomic E-state index is -4.78. The van der Waals surface area contributed by atoms with Crippen LogP contribution in [0, 0.1) is 0 Å². The molecule has 1 amide bonds. The Bertz CT molecular complexity index is 1030. The lowest BCUT2D eigenvalue weighted by Gasteiger charge is -2.25. The third kappa shape index (κ3) is 4.90. The van der Waals surface area contributed by atoms with Crippen LogP contribution in [0.15, 0.2) is 24.4 Å². The molecule has 1 fully saturated rings. The number of carboxylic acid groups (broad SMARTS) is 1. The number of β-amino-alcohol motifs (C(OH)–C–C–N with tert-alkyl or cyclic N) is 1. The fraction of sp³-hybridized carbons (Fsp3) is 0.455. The number of carbonyl (C=O) groups excluding carboxylic acids is 1. The highest BCUT2D eigenvalue weighted by Crippen LogP contribution is 2.40. The van der Waals surface area contributed by atoms with E-state index in [4.69, 9.17) is 0 Å². The molecule has 0 aliphatic carbocycles. The minimum Gasteiger partial charge on any atom is -0.481 e. The topological polar surface area (TPSA) is 94.8 Å². The molecule has 2 aromatic rings. The summed E-state index contributed by atoms with van der Waals surface area (Å²) in [5, 5.41) is 21.4.